The molecule has 1 N–H and O–H groups in total. The highest BCUT2D eigenvalue weighted by Gasteiger charge is 2.39. The number of aliphatic hydroxyl groups excluding tert-OH is 1. The van der Waals surface area contributed by atoms with Crippen molar-refractivity contribution in [2.24, 2.45) is 5.92 Å². The normalized spacial score (nSPS) is 31.1. The number of amides is 1. The smallest absolute Gasteiger partial charge is 0.225 e. The van der Waals surface area contributed by atoms with Gasteiger partial charge in [-0.05, 0) is 32.1 Å². The van der Waals surface area contributed by atoms with Crippen LogP contribution in [-0.2, 0) is 9.53 Å². The highest BCUT2D eigenvalue weighted by atomic mass is 16.5. The maximum Gasteiger partial charge on any atom is 0.225 e. The van der Waals surface area contributed by atoms with Crippen LogP contribution in [0.15, 0.2) is 0 Å². The molecule has 19 heavy (non-hydrogen) atoms. The summed E-state index contributed by atoms with van der Waals surface area (Å²) in [6.45, 7) is 4.20. The third-order valence-corrected chi connectivity index (χ3v) is 4.45. The van der Waals surface area contributed by atoms with Crippen molar-refractivity contribution in [3.63, 3.8) is 0 Å². The molecule has 0 aromatic carbocycles. The lowest BCUT2D eigenvalue weighted by atomic mass is 9.94. The van der Waals surface area contributed by atoms with Crippen LogP contribution >= 0.6 is 0 Å². The topological polar surface area (TPSA) is 49.8 Å². The first-order chi connectivity index (χ1) is 9.24. The summed E-state index contributed by atoms with van der Waals surface area (Å²) in [6, 6.07) is 0.274. The van der Waals surface area contributed by atoms with Crippen LogP contribution in [0.2, 0.25) is 0 Å². The summed E-state index contributed by atoms with van der Waals surface area (Å²) < 4.78 is 5.40. The zero-order valence-corrected chi connectivity index (χ0v) is 12.0. The summed E-state index contributed by atoms with van der Waals surface area (Å²) in [6.07, 6.45) is 6.50. The van der Waals surface area contributed by atoms with Crippen molar-refractivity contribution >= 4 is 5.91 Å². The molecule has 1 saturated carbocycles. The fourth-order valence-corrected chi connectivity index (χ4v) is 3.51. The Bertz CT molecular complexity index is 295. The van der Waals surface area contributed by atoms with Crippen molar-refractivity contribution in [3.05, 3.63) is 0 Å². The average Bonchev–Trinajstić information content (AvgIpc) is 3.02. The van der Waals surface area contributed by atoms with Crippen molar-refractivity contribution in [1.82, 2.24) is 4.90 Å². The molecule has 0 bridgehead atoms. The number of likely N-dealkylation sites (tertiary alicyclic amines) is 1. The van der Waals surface area contributed by atoms with Crippen molar-refractivity contribution in [2.45, 2.75) is 64.0 Å². The first-order valence-electron chi connectivity index (χ1n) is 7.79. The van der Waals surface area contributed by atoms with E-state index in [2.05, 4.69) is 6.92 Å². The molecule has 110 valence electrons. The minimum Gasteiger partial charge on any atom is -0.393 e. The molecule has 3 unspecified atom stereocenters. The molecule has 1 saturated heterocycles. The lowest BCUT2D eigenvalue weighted by molar-refractivity contribution is -0.134. The van der Waals surface area contributed by atoms with Gasteiger partial charge in [-0.3, -0.25) is 4.79 Å². The van der Waals surface area contributed by atoms with Crippen molar-refractivity contribution in [3.8, 4) is 0 Å². The minimum absolute atomic E-state index is 0.199. The van der Waals surface area contributed by atoms with Gasteiger partial charge in [-0.1, -0.05) is 13.3 Å². The second kappa shape index (κ2) is 7.25. The van der Waals surface area contributed by atoms with Gasteiger partial charge in [0.1, 0.15) is 0 Å². The van der Waals surface area contributed by atoms with Crippen LogP contribution in [0, 0.1) is 5.92 Å². The molecule has 3 atom stereocenters. The number of hydrogen-bond donors (Lipinski definition) is 1. The number of carbonyl (C=O) groups excluding carboxylic acids is 1. The second-order valence-electron chi connectivity index (χ2n) is 5.82. The van der Waals surface area contributed by atoms with Crippen LogP contribution in [0.1, 0.15) is 51.9 Å². The average molecular weight is 269 g/mol. The van der Waals surface area contributed by atoms with E-state index in [0.29, 0.717) is 18.9 Å². The first-order valence-corrected chi connectivity index (χ1v) is 7.79. The van der Waals surface area contributed by atoms with Crippen LogP contribution in [0.5, 0.6) is 0 Å². The highest BCUT2D eigenvalue weighted by Crippen LogP contribution is 2.35. The molecule has 2 aliphatic rings. The Hall–Kier alpha value is -0.610. The lowest BCUT2D eigenvalue weighted by Crippen LogP contribution is -2.42. The second-order valence-corrected chi connectivity index (χ2v) is 5.82. The third-order valence-electron chi connectivity index (χ3n) is 4.45. The van der Waals surface area contributed by atoms with Gasteiger partial charge >= 0.3 is 0 Å². The molecule has 1 aliphatic heterocycles. The van der Waals surface area contributed by atoms with Crippen LogP contribution < -0.4 is 0 Å². The quantitative estimate of drug-likeness (QED) is 0.750. The Labute approximate surface area is 116 Å². The summed E-state index contributed by atoms with van der Waals surface area (Å²) in [4.78, 5) is 14.3. The standard InChI is InChI=1S/C15H27NO3/c1-2-10-19-11-8-15(18)16-9-4-6-13(16)12-5-3-7-14(12)17/h12-14,17H,2-11H2,1H3. The number of aliphatic hydroxyl groups is 1. The molecule has 1 amide bonds. The SMILES string of the molecule is CCCOCCC(=O)N1CCCC1C1CCCC1O. The predicted octanol–water partition coefficient (Wildman–Crippen LogP) is 1.96. The molecular formula is C15H27NO3. The van der Waals surface area contributed by atoms with Gasteiger partial charge in [0.05, 0.1) is 19.1 Å². The molecular weight excluding hydrogens is 242 g/mol. The fourth-order valence-electron chi connectivity index (χ4n) is 3.51. The molecule has 2 fully saturated rings. The Morgan fingerprint density at radius 3 is 2.79 bits per heavy atom. The van der Waals surface area contributed by atoms with Crippen LogP contribution in [-0.4, -0.2) is 47.8 Å². The molecule has 0 aromatic rings. The molecule has 0 spiro atoms. The molecule has 1 aliphatic carbocycles. The maximum atomic E-state index is 12.2. The van der Waals surface area contributed by atoms with Crippen molar-refractivity contribution < 1.29 is 14.6 Å². The molecule has 0 aromatic heterocycles. The molecule has 2 rings (SSSR count). The Kier molecular flexibility index (Phi) is 5.64. The summed E-state index contributed by atoms with van der Waals surface area (Å²) >= 11 is 0. The van der Waals surface area contributed by atoms with Crippen molar-refractivity contribution in [1.29, 1.82) is 0 Å². The summed E-state index contributed by atoms with van der Waals surface area (Å²) in [7, 11) is 0. The van der Waals surface area contributed by atoms with E-state index >= 15 is 0 Å². The van der Waals surface area contributed by atoms with Crippen LogP contribution in [0.3, 0.4) is 0 Å². The van der Waals surface area contributed by atoms with E-state index in [9.17, 15) is 9.90 Å². The van der Waals surface area contributed by atoms with E-state index in [1.807, 2.05) is 4.90 Å². The number of rotatable bonds is 6. The lowest BCUT2D eigenvalue weighted by Gasteiger charge is -2.31. The van der Waals surface area contributed by atoms with E-state index < -0.39 is 0 Å². The van der Waals surface area contributed by atoms with Gasteiger partial charge in [-0.15, -0.1) is 0 Å². The molecule has 1 heterocycles. The van der Waals surface area contributed by atoms with E-state index in [0.717, 1.165) is 51.7 Å². The van der Waals surface area contributed by atoms with Crippen molar-refractivity contribution in [2.75, 3.05) is 19.8 Å². The van der Waals surface area contributed by atoms with Gasteiger partial charge in [0.2, 0.25) is 5.91 Å². The number of hydrogen-bond acceptors (Lipinski definition) is 3. The molecule has 0 radical (unpaired) electrons. The van der Waals surface area contributed by atoms with Gasteiger partial charge in [0.25, 0.3) is 0 Å². The van der Waals surface area contributed by atoms with Gasteiger partial charge in [-0.2, -0.15) is 0 Å². The Morgan fingerprint density at radius 1 is 1.26 bits per heavy atom. The minimum atomic E-state index is -0.199. The Morgan fingerprint density at radius 2 is 2.11 bits per heavy atom. The number of nitrogens with zero attached hydrogens (tertiary/aromatic N) is 1. The summed E-state index contributed by atoms with van der Waals surface area (Å²) in [5.41, 5.74) is 0. The number of carbonyl (C=O) groups is 1. The fraction of sp³-hybridized carbons (Fsp3) is 0.933. The van der Waals surface area contributed by atoms with Gasteiger partial charge in [-0.25, -0.2) is 0 Å². The molecule has 4 heteroatoms. The van der Waals surface area contributed by atoms with Gasteiger partial charge in [0.15, 0.2) is 0 Å². The third kappa shape index (κ3) is 3.69. The predicted molar refractivity (Wildman–Crippen MR) is 73.8 cm³/mol. The monoisotopic (exact) mass is 269 g/mol. The van der Waals surface area contributed by atoms with E-state index in [-0.39, 0.29) is 18.1 Å². The largest absolute Gasteiger partial charge is 0.393 e. The van der Waals surface area contributed by atoms with Gasteiger partial charge in [0, 0.05) is 25.1 Å². The summed E-state index contributed by atoms with van der Waals surface area (Å²) in [5, 5.41) is 10.0. The zero-order chi connectivity index (χ0) is 13.7. The van der Waals surface area contributed by atoms with E-state index in [1.165, 1.54) is 0 Å². The van der Waals surface area contributed by atoms with E-state index in [1.54, 1.807) is 0 Å². The zero-order valence-electron chi connectivity index (χ0n) is 12.0. The molecule has 4 nitrogen and oxygen atoms in total. The first kappa shape index (κ1) is 14.8. The van der Waals surface area contributed by atoms with Crippen LogP contribution in [0.25, 0.3) is 0 Å². The van der Waals surface area contributed by atoms with E-state index in [4.69, 9.17) is 4.74 Å². The Balaban J connectivity index is 1.82. The number of ether oxygens (including phenoxy) is 1. The van der Waals surface area contributed by atoms with Crippen LogP contribution in [0.4, 0.5) is 0 Å². The maximum absolute atomic E-state index is 12.2. The summed E-state index contributed by atoms with van der Waals surface area (Å²) in [5.74, 6) is 0.515. The highest BCUT2D eigenvalue weighted by molar-refractivity contribution is 5.77. The van der Waals surface area contributed by atoms with Gasteiger partial charge < -0.3 is 14.7 Å².